The van der Waals surface area contributed by atoms with E-state index in [0.29, 0.717) is 36.2 Å². The molecule has 31 heavy (non-hydrogen) atoms. The highest BCUT2D eigenvalue weighted by Crippen LogP contribution is 2.26. The van der Waals surface area contributed by atoms with Crippen LogP contribution in [0, 0.1) is 17.0 Å². The predicted molar refractivity (Wildman–Crippen MR) is 113 cm³/mol. The summed E-state index contributed by atoms with van der Waals surface area (Å²) in [7, 11) is 0. The molecule has 0 aliphatic carbocycles. The molecule has 1 saturated heterocycles. The third-order valence-electron chi connectivity index (χ3n) is 5.31. The predicted octanol–water partition coefficient (Wildman–Crippen LogP) is 2.37. The molecule has 1 atom stereocenters. The van der Waals surface area contributed by atoms with E-state index in [1.54, 1.807) is 13.1 Å². The molecule has 1 aliphatic rings. The largest absolute Gasteiger partial charge is 0.366 e. The monoisotopic (exact) mass is 445 g/mol. The number of nitro groups is 1. The molecule has 0 N–H and O–H groups in total. The molecule has 3 heterocycles. The second-order valence-corrected chi connectivity index (χ2v) is 7.59. The minimum absolute atomic E-state index is 0.00733. The van der Waals surface area contributed by atoms with Gasteiger partial charge in [-0.25, -0.2) is 0 Å². The Balaban J connectivity index is 1.49. The van der Waals surface area contributed by atoms with Gasteiger partial charge in [0.2, 0.25) is 5.89 Å². The van der Waals surface area contributed by atoms with Crippen molar-refractivity contribution < 1.29 is 9.45 Å². The first-order valence-corrected chi connectivity index (χ1v) is 10.0. The van der Waals surface area contributed by atoms with Crippen LogP contribution >= 0.6 is 11.6 Å². The van der Waals surface area contributed by atoms with Crippen molar-refractivity contribution in [2.45, 2.75) is 19.9 Å². The van der Waals surface area contributed by atoms with Gasteiger partial charge in [-0.3, -0.25) is 19.8 Å². The first-order valence-electron chi connectivity index (χ1n) is 9.67. The molecule has 0 amide bonds. The van der Waals surface area contributed by atoms with E-state index in [-0.39, 0.29) is 16.8 Å². The van der Waals surface area contributed by atoms with E-state index in [1.165, 1.54) is 24.3 Å². The van der Waals surface area contributed by atoms with Gasteiger partial charge in [0, 0.05) is 38.3 Å². The van der Waals surface area contributed by atoms with Crippen LogP contribution in [0.5, 0.6) is 0 Å². The number of aromatic nitrogens is 4. The number of nitrogens with zero attached hydrogens (tertiary/aromatic N) is 7. The Labute approximate surface area is 182 Å². The van der Waals surface area contributed by atoms with Crippen molar-refractivity contribution in [1.82, 2.24) is 24.8 Å². The summed E-state index contributed by atoms with van der Waals surface area (Å²) in [5, 5.41) is 18.9. The van der Waals surface area contributed by atoms with Crippen molar-refractivity contribution >= 4 is 23.0 Å². The highest BCUT2D eigenvalue weighted by atomic mass is 35.5. The van der Waals surface area contributed by atoms with Gasteiger partial charge in [0.05, 0.1) is 28.5 Å². The summed E-state index contributed by atoms with van der Waals surface area (Å²) in [6, 6.07) is 5.55. The van der Waals surface area contributed by atoms with Crippen LogP contribution < -0.4 is 10.5 Å². The zero-order valence-corrected chi connectivity index (χ0v) is 17.7. The summed E-state index contributed by atoms with van der Waals surface area (Å²) in [6.07, 6.45) is 1.55. The smallest absolute Gasteiger partial charge is 0.292 e. The Morgan fingerprint density at radius 2 is 1.87 bits per heavy atom. The van der Waals surface area contributed by atoms with Crippen LogP contribution in [0.4, 0.5) is 11.4 Å². The van der Waals surface area contributed by atoms with E-state index in [0.717, 1.165) is 17.8 Å². The molecule has 1 aliphatic heterocycles. The van der Waals surface area contributed by atoms with Crippen LogP contribution in [0.15, 0.2) is 39.8 Å². The van der Waals surface area contributed by atoms with E-state index in [2.05, 4.69) is 20.1 Å². The molecular formula is C19H20ClN7O4. The van der Waals surface area contributed by atoms with Gasteiger partial charge in [0.15, 0.2) is 5.82 Å². The third-order valence-corrected chi connectivity index (χ3v) is 5.66. The van der Waals surface area contributed by atoms with Crippen LogP contribution in [0.25, 0.3) is 5.69 Å². The highest BCUT2D eigenvalue weighted by Gasteiger charge is 2.27. The summed E-state index contributed by atoms with van der Waals surface area (Å²) in [5.41, 5.74) is 0.413. The first-order chi connectivity index (χ1) is 14.8. The summed E-state index contributed by atoms with van der Waals surface area (Å²) in [4.78, 5) is 31.6. The Morgan fingerprint density at radius 3 is 2.45 bits per heavy atom. The third kappa shape index (κ3) is 4.14. The van der Waals surface area contributed by atoms with Gasteiger partial charge < -0.3 is 9.42 Å². The molecule has 1 fully saturated rings. The quantitative estimate of drug-likeness (QED) is 0.430. The molecule has 4 rings (SSSR count). The Kier molecular flexibility index (Phi) is 5.70. The fourth-order valence-corrected chi connectivity index (χ4v) is 3.78. The average molecular weight is 446 g/mol. The Hall–Kier alpha value is -3.31. The lowest BCUT2D eigenvalue weighted by Crippen LogP contribution is -2.47. The van der Waals surface area contributed by atoms with Crippen molar-refractivity contribution in [1.29, 1.82) is 0 Å². The first kappa shape index (κ1) is 20.9. The number of piperazine rings is 1. The molecule has 1 aromatic carbocycles. The van der Waals surface area contributed by atoms with Crippen molar-refractivity contribution in [3.8, 4) is 5.69 Å². The van der Waals surface area contributed by atoms with Crippen LogP contribution in [-0.4, -0.2) is 55.9 Å². The Bertz CT molecular complexity index is 1150. The normalized spacial score (nSPS) is 15.8. The van der Waals surface area contributed by atoms with Gasteiger partial charge in [0.1, 0.15) is 5.02 Å². The lowest BCUT2D eigenvalue weighted by atomic mass is 10.2. The van der Waals surface area contributed by atoms with Crippen molar-refractivity contribution in [2.24, 2.45) is 0 Å². The lowest BCUT2D eigenvalue weighted by molar-refractivity contribution is -0.384. The number of benzene rings is 1. The highest BCUT2D eigenvalue weighted by molar-refractivity contribution is 6.33. The maximum atomic E-state index is 12.8. The lowest BCUT2D eigenvalue weighted by Gasteiger charge is -2.38. The molecule has 0 bridgehead atoms. The maximum absolute atomic E-state index is 12.8. The van der Waals surface area contributed by atoms with Gasteiger partial charge in [-0.1, -0.05) is 16.8 Å². The molecule has 0 spiro atoms. The topological polar surface area (TPSA) is 123 Å². The maximum Gasteiger partial charge on any atom is 0.292 e. The molecule has 12 heteroatoms. The molecule has 3 aromatic rings. The molecule has 1 unspecified atom stereocenters. The zero-order chi connectivity index (χ0) is 22.1. The summed E-state index contributed by atoms with van der Waals surface area (Å²) < 4.78 is 6.40. The number of non-ortho nitro benzene ring substituents is 1. The molecule has 11 nitrogen and oxygen atoms in total. The molecule has 0 radical (unpaired) electrons. The van der Waals surface area contributed by atoms with E-state index in [9.17, 15) is 14.9 Å². The number of halogens is 1. The molecule has 2 aromatic heterocycles. The molecular weight excluding hydrogens is 426 g/mol. The van der Waals surface area contributed by atoms with Crippen LogP contribution in [-0.2, 0) is 0 Å². The van der Waals surface area contributed by atoms with Gasteiger partial charge >= 0.3 is 0 Å². The zero-order valence-electron chi connectivity index (χ0n) is 16.9. The van der Waals surface area contributed by atoms with E-state index >= 15 is 0 Å². The average Bonchev–Trinajstić information content (AvgIpc) is 3.21. The van der Waals surface area contributed by atoms with E-state index in [1.807, 2.05) is 11.8 Å². The molecule has 162 valence electrons. The second kappa shape index (κ2) is 8.44. The standard InChI is InChI=1S/C19H20ClN7O4/c1-12(18-22-13(2)23-31-18)24-7-9-25(10-8-24)16-11-21-26(19(28)17(16)20)14-3-5-15(6-4-14)27(29)30/h3-6,11-12H,7-10H2,1-2H3. The number of hydrogen-bond acceptors (Lipinski definition) is 9. The van der Waals surface area contributed by atoms with Crippen molar-refractivity contribution in [2.75, 3.05) is 31.1 Å². The summed E-state index contributed by atoms with van der Waals surface area (Å²) in [6.45, 7) is 6.56. The fourth-order valence-electron chi connectivity index (χ4n) is 3.53. The molecule has 0 saturated carbocycles. The van der Waals surface area contributed by atoms with Gasteiger partial charge in [-0.05, 0) is 26.0 Å². The van der Waals surface area contributed by atoms with Gasteiger partial charge in [-0.15, -0.1) is 0 Å². The Morgan fingerprint density at radius 1 is 1.19 bits per heavy atom. The minimum Gasteiger partial charge on any atom is -0.366 e. The van der Waals surface area contributed by atoms with Crippen LogP contribution in [0.2, 0.25) is 5.02 Å². The van der Waals surface area contributed by atoms with E-state index in [4.69, 9.17) is 16.1 Å². The van der Waals surface area contributed by atoms with Gasteiger partial charge in [0.25, 0.3) is 11.2 Å². The van der Waals surface area contributed by atoms with E-state index < -0.39 is 10.5 Å². The summed E-state index contributed by atoms with van der Waals surface area (Å²) in [5.74, 6) is 1.18. The second-order valence-electron chi connectivity index (χ2n) is 7.21. The van der Waals surface area contributed by atoms with Gasteiger partial charge in [-0.2, -0.15) is 14.8 Å². The number of anilines is 1. The summed E-state index contributed by atoms with van der Waals surface area (Å²) >= 11 is 6.39. The van der Waals surface area contributed by atoms with Crippen LogP contribution in [0.3, 0.4) is 0 Å². The number of nitro benzene ring substituents is 1. The minimum atomic E-state index is -0.504. The van der Waals surface area contributed by atoms with Crippen LogP contribution in [0.1, 0.15) is 24.7 Å². The fraction of sp³-hybridized carbons (Fsp3) is 0.368. The van der Waals surface area contributed by atoms with Crippen molar-refractivity contribution in [3.63, 3.8) is 0 Å². The van der Waals surface area contributed by atoms with Crippen molar-refractivity contribution in [3.05, 3.63) is 67.7 Å². The SMILES string of the molecule is Cc1noc(C(C)N2CCN(c3cnn(-c4ccc([N+](=O)[O-])cc4)c(=O)c3Cl)CC2)n1. The number of aryl methyl sites for hydroxylation is 1. The number of hydrogen-bond donors (Lipinski definition) is 0. The number of rotatable bonds is 5.